The van der Waals surface area contributed by atoms with Crippen LogP contribution in [0.15, 0.2) is 48.7 Å². The Morgan fingerprint density at radius 3 is 2.39 bits per heavy atom. The predicted molar refractivity (Wildman–Crippen MR) is 91.7 cm³/mol. The van der Waals surface area contributed by atoms with E-state index in [0.717, 1.165) is 43.0 Å². The first-order chi connectivity index (χ1) is 11.3. The maximum absolute atomic E-state index is 12.7. The number of pyridine rings is 1. The minimum atomic E-state index is -0.338. The lowest BCUT2D eigenvalue weighted by atomic mass is 9.95. The van der Waals surface area contributed by atoms with Crippen molar-refractivity contribution in [2.75, 3.05) is 23.3 Å². The van der Waals surface area contributed by atoms with Gasteiger partial charge in [0.05, 0.1) is 17.3 Å². The van der Waals surface area contributed by atoms with Crippen LogP contribution in [0.4, 0.5) is 11.5 Å². The van der Waals surface area contributed by atoms with Crippen LogP contribution < -0.4 is 10.2 Å². The third-order valence-electron chi connectivity index (χ3n) is 4.95. The van der Waals surface area contributed by atoms with Crippen molar-refractivity contribution in [1.29, 1.82) is 0 Å². The summed E-state index contributed by atoms with van der Waals surface area (Å²) in [6.07, 6.45) is 6.08. The lowest BCUT2D eigenvalue weighted by Crippen LogP contribution is -2.28. The second-order valence-corrected chi connectivity index (χ2v) is 6.50. The molecule has 2 aromatic rings. The van der Waals surface area contributed by atoms with Crippen molar-refractivity contribution in [3.05, 3.63) is 54.2 Å². The number of nitrogens with zero attached hydrogens (tertiary/aromatic N) is 2. The molecule has 1 N–H and O–H groups in total. The van der Waals surface area contributed by atoms with Crippen LogP contribution >= 0.6 is 0 Å². The molecule has 0 bridgehead atoms. The number of hydrogen-bond donors (Lipinski definition) is 1. The largest absolute Gasteiger partial charge is 0.357 e. The van der Waals surface area contributed by atoms with E-state index in [2.05, 4.69) is 15.2 Å². The Morgan fingerprint density at radius 2 is 1.78 bits per heavy atom. The van der Waals surface area contributed by atoms with Crippen LogP contribution in [0.3, 0.4) is 0 Å². The molecule has 23 heavy (non-hydrogen) atoms. The normalized spacial score (nSPS) is 18.7. The van der Waals surface area contributed by atoms with Crippen molar-refractivity contribution in [3.63, 3.8) is 0 Å². The Bertz CT molecular complexity index is 686. The highest BCUT2D eigenvalue weighted by Gasteiger charge is 2.51. The molecule has 0 radical (unpaired) electrons. The number of anilines is 2. The van der Waals surface area contributed by atoms with Gasteiger partial charge in [-0.2, -0.15) is 0 Å². The fourth-order valence-corrected chi connectivity index (χ4v) is 3.37. The average molecular weight is 307 g/mol. The van der Waals surface area contributed by atoms with E-state index in [1.165, 1.54) is 12.8 Å². The third kappa shape index (κ3) is 2.69. The molecule has 2 aliphatic rings. The van der Waals surface area contributed by atoms with Crippen molar-refractivity contribution in [2.45, 2.75) is 31.1 Å². The van der Waals surface area contributed by atoms with E-state index in [0.29, 0.717) is 0 Å². The number of amides is 1. The van der Waals surface area contributed by atoms with Gasteiger partial charge in [-0.15, -0.1) is 0 Å². The van der Waals surface area contributed by atoms with Gasteiger partial charge in [-0.05, 0) is 43.4 Å². The van der Waals surface area contributed by atoms with E-state index in [4.69, 9.17) is 0 Å². The van der Waals surface area contributed by atoms with Gasteiger partial charge in [0.15, 0.2) is 0 Å². The van der Waals surface area contributed by atoms with Gasteiger partial charge in [0, 0.05) is 13.1 Å². The number of carbonyl (C=O) groups excluding carboxylic acids is 1. The average Bonchev–Trinajstić information content (AvgIpc) is 3.24. The second kappa shape index (κ2) is 5.69. The number of benzene rings is 1. The Balaban J connectivity index is 1.47. The van der Waals surface area contributed by atoms with Gasteiger partial charge < -0.3 is 10.2 Å². The van der Waals surface area contributed by atoms with Gasteiger partial charge >= 0.3 is 0 Å². The lowest BCUT2D eigenvalue weighted by molar-refractivity contribution is -0.118. The highest BCUT2D eigenvalue weighted by Crippen LogP contribution is 2.48. The zero-order chi connectivity index (χ0) is 15.7. The number of carbonyl (C=O) groups is 1. The first kappa shape index (κ1) is 14.2. The van der Waals surface area contributed by atoms with E-state index in [-0.39, 0.29) is 11.3 Å². The lowest BCUT2D eigenvalue weighted by Gasteiger charge is -2.18. The Morgan fingerprint density at radius 1 is 1.04 bits per heavy atom. The summed E-state index contributed by atoms with van der Waals surface area (Å²) in [5, 5.41) is 3.04. The van der Waals surface area contributed by atoms with Gasteiger partial charge in [0.2, 0.25) is 5.91 Å². The number of rotatable bonds is 4. The second-order valence-electron chi connectivity index (χ2n) is 6.50. The summed E-state index contributed by atoms with van der Waals surface area (Å²) in [5.74, 6) is 1.09. The molecule has 1 amide bonds. The molecule has 2 fully saturated rings. The van der Waals surface area contributed by atoms with Gasteiger partial charge in [-0.25, -0.2) is 4.98 Å². The smallest absolute Gasteiger partial charge is 0.235 e. The summed E-state index contributed by atoms with van der Waals surface area (Å²) in [6, 6.07) is 14.0. The van der Waals surface area contributed by atoms with Gasteiger partial charge in [0.25, 0.3) is 0 Å². The molecule has 1 saturated heterocycles. The Kier molecular flexibility index (Phi) is 3.52. The van der Waals surface area contributed by atoms with E-state index in [1.54, 1.807) is 6.20 Å². The molecule has 1 aromatic carbocycles. The molecule has 0 spiro atoms. The zero-order valence-corrected chi connectivity index (χ0v) is 13.2. The summed E-state index contributed by atoms with van der Waals surface area (Å²) in [5.41, 5.74) is 1.55. The topological polar surface area (TPSA) is 45.2 Å². The molecule has 0 unspecified atom stereocenters. The Hall–Kier alpha value is -2.36. The van der Waals surface area contributed by atoms with E-state index in [9.17, 15) is 4.79 Å². The molecule has 1 aliphatic heterocycles. The molecule has 4 nitrogen and oxygen atoms in total. The van der Waals surface area contributed by atoms with Crippen LogP contribution in [0.25, 0.3) is 0 Å². The molecule has 1 aromatic heterocycles. The molecule has 1 aliphatic carbocycles. The Labute approximate surface area is 136 Å². The summed E-state index contributed by atoms with van der Waals surface area (Å²) < 4.78 is 0. The minimum Gasteiger partial charge on any atom is -0.357 e. The van der Waals surface area contributed by atoms with Crippen molar-refractivity contribution < 1.29 is 4.79 Å². The third-order valence-corrected chi connectivity index (χ3v) is 4.95. The van der Waals surface area contributed by atoms with Crippen LogP contribution in [0, 0.1) is 0 Å². The zero-order valence-electron chi connectivity index (χ0n) is 13.2. The van der Waals surface area contributed by atoms with Crippen molar-refractivity contribution in [1.82, 2.24) is 4.98 Å². The highest BCUT2D eigenvalue weighted by molar-refractivity contribution is 6.01. The monoisotopic (exact) mass is 307 g/mol. The molecule has 118 valence electrons. The predicted octanol–water partition coefficient (Wildman–Crippen LogP) is 3.35. The summed E-state index contributed by atoms with van der Waals surface area (Å²) in [7, 11) is 0. The molecule has 4 heteroatoms. The number of aromatic nitrogens is 1. The van der Waals surface area contributed by atoms with Gasteiger partial charge in [-0.1, -0.05) is 30.3 Å². The van der Waals surface area contributed by atoms with Crippen LogP contribution in [-0.2, 0) is 10.2 Å². The number of hydrogen-bond acceptors (Lipinski definition) is 3. The van der Waals surface area contributed by atoms with Crippen molar-refractivity contribution in [3.8, 4) is 0 Å². The van der Waals surface area contributed by atoms with E-state index < -0.39 is 0 Å². The van der Waals surface area contributed by atoms with Gasteiger partial charge in [0.1, 0.15) is 5.82 Å². The van der Waals surface area contributed by atoms with E-state index >= 15 is 0 Å². The summed E-state index contributed by atoms with van der Waals surface area (Å²) in [4.78, 5) is 19.5. The fraction of sp³-hybridized carbons (Fsp3) is 0.368. The van der Waals surface area contributed by atoms with E-state index in [1.807, 2.05) is 42.5 Å². The van der Waals surface area contributed by atoms with Crippen molar-refractivity contribution in [2.24, 2.45) is 0 Å². The minimum absolute atomic E-state index is 0.0828. The standard InChI is InChI=1S/C19H21N3O/c23-18(19(10-11-19)15-6-2-1-3-7-15)21-16-8-9-17(20-14-16)22-12-4-5-13-22/h1-3,6-9,14H,4-5,10-13H2,(H,21,23). The quantitative estimate of drug-likeness (QED) is 0.942. The summed E-state index contributed by atoms with van der Waals surface area (Å²) >= 11 is 0. The van der Waals surface area contributed by atoms with Crippen LogP contribution in [0.5, 0.6) is 0 Å². The molecular formula is C19H21N3O. The molecule has 0 atom stereocenters. The summed E-state index contributed by atoms with van der Waals surface area (Å²) in [6.45, 7) is 2.16. The first-order valence-corrected chi connectivity index (χ1v) is 8.36. The molecule has 2 heterocycles. The maximum atomic E-state index is 12.7. The number of nitrogens with one attached hydrogen (secondary N) is 1. The fourth-order valence-electron chi connectivity index (χ4n) is 3.37. The van der Waals surface area contributed by atoms with Crippen LogP contribution in [0.2, 0.25) is 0 Å². The van der Waals surface area contributed by atoms with Gasteiger partial charge in [-0.3, -0.25) is 4.79 Å². The van der Waals surface area contributed by atoms with Crippen LogP contribution in [0.1, 0.15) is 31.2 Å². The molecular weight excluding hydrogens is 286 g/mol. The van der Waals surface area contributed by atoms with Crippen molar-refractivity contribution >= 4 is 17.4 Å². The SMILES string of the molecule is O=C(Nc1ccc(N2CCCC2)nc1)C1(c2ccccc2)CC1. The maximum Gasteiger partial charge on any atom is 0.235 e. The first-order valence-electron chi connectivity index (χ1n) is 8.36. The molecule has 1 saturated carbocycles. The molecule has 4 rings (SSSR count). The van der Waals surface area contributed by atoms with Crippen LogP contribution in [-0.4, -0.2) is 24.0 Å². The highest BCUT2D eigenvalue weighted by atomic mass is 16.2.